The Morgan fingerprint density at radius 1 is 1.15 bits per heavy atom. The number of halogens is 1. The molecule has 0 saturated heterocycles. The van der Waals surface area contributed by atoms with Crippen molar-refractivity contribution in [2.24, 2.45) is 5.73 Å². The largest absolute Gasteiger partial charge is 0.371 e. The Hall–Kier alpha value is 0.210. The highest BCUT2D eigenvalue weighted by Crippen LogP contribution is 2.23. The fourth-order valence-electron chi connectivity index (χ4n) is 1.73. The lowest BCUT2D eigenvalue weighted by molar-refractivity contribution is -0.0813. The molecule has 3 heteroatoms. The summed E-state index contributed by atoms with van der Waals surface area (Å²) >= 11 is 0. The third kappa shape index (κ3) is 4.84. The van der Waals surface area contributed by atoms with Crippen molar-refractivity contribution in [3.63, 3.8) is 0 Å². The Morgan fingerprint density at radius 3 is 2.15 bits per heavy atom. The maximum atomic E-state index is 5.96. The van der Waals surface area contributed by atoms with E-state index in [1.54, 1.807) is 0 Å². The van der Waals surface area contributed by atoms with Crippen LogP contribution in [-0.2, 0) is 4.74 Å². The van der Waals surface area contributed by atoms with Gasteiger partial charge in [0.25, 0.3) is 0 Å². The standard InChI is InChI=1S/C10H21NO.ClH/c1-10(2,3)12-9-7-5-4-6-8(9)11;/h8-9H,4-7,11H2,1-3H3;1H/t8-,9-;/m0./s1. The first-order valence-corrected chi connectivity index (χ1v) is 4.92. The molecule has 0 bridgehead atoms. The van der Waals surface area contributed by atoms with Crippen molar-refractivity contribution in [1.82, 2.24) is 0 Å². The molecule has 0 aliphatic heterocycles. The van der Waals surface area contributed by atoms with Crippen LogP contribution in [-0.4, -0.2) is 17.7 Å². The van der Waals surface area contributed by atoms with Gasteiger partial charge in [0.1, 0.15) is 0 Å². The molecule has 13 heavy (non-hydrogen) atoms. The fraction of sp³-hybridized carbons (Fsp3) is 1.00. The summed E-state index contributed by atoms with van der Waals surface area (Å²) in [7, 11) is 0. The Morgan fingerprint density at radius 2 is 1.69 bits per heavy atom. The van der Waals surface area contributed by atoms with Crippen molar-refractivity contribution in [2.75, 3.05) is 0 Å². The molecule has 0 amide bonds. The van der Waals surface area contributed by atoms with Gasteiger partial charge in [-0.3, -0.25) is 0 Å². The molecule has 0 heterocycles. The van der Waals surface area contributed by atoms with Gasteiger partial charge >= 0.3 is 0 Å². The average Bonchev–Trinajstić information content (AvgIpc) is 1.91. The highest BCUT2D eigenvalue weighted by atomic mass is 35.5. The van der Waals surface area contributed by atoms with E-state index in [0.717, 1.165) is 12.8 Å². The zero-order valence-corrected chi connectivity index (χ0v) is 9.69. The molecule has 1 aliphatic rings. The quantitative estimate of drug-likeness (QED) is 0.717. The van der Waals surface area contributed by atoms with E-state index in [1.165, 1.54) is 12.8 Å². The third-order valence-electron chi connectivity index (χ3n) is 2.26. The first-order chi connectivity index (χ1) is 5.49. The smallest absolute Gasteiger partial charge is 0.0733 e. The molecule has 1 fully saturated rings. The maximum Gasteiger partial charge on any atom is 0.0733 e. The SMILES string of the molecule is CC(C)(C)O[C@H]1CCCC[C@@H]1N.Cl. The minimum absolute atomic E-state index is 0. The highest BCUT2D eigenvalue weighted by molar-refractivity contribution is 5.85. The molecule has 1 saturated carbocycles. The molecule has 0 radical (unpaired) electrons. The highest BCUT2D eigenvalue weighted by Gasteiger charge is 2.26. The van der Waals surface area contributed by atoms with Gasteiger partial charge in [-0.1, -0.05) is 12.8 Å². The summed E-state index contributed by atoms with van der Waals surface area (Å²) in [5, 5.41) is 0. The Labute approximate surface area is 87.6 Å². The molecule has 0 aromatic heterocycles. The van der Waals surface area contributed by atoms with E-state index in [2.05, 4.69) is 20.8 Å². The molecule has 2 nitrogen and oxygen atoms in total. The van der Waals surface area contributed by atoms with Crippen molar-refractivity contribution in [3.05, 3.63) is 0 Å². The number of hydrogen-bond donors (Lipinski definition) is 1. The van der Waals surface area contributed by atoms with E-state index >= 15 is 0 Å². The zero-order chi connectivity index (χ0) is 9.19. The predicted molar refractivity (Wildman–Crippen MR) is 58.3 cm³/mol. The third-order valence-corrected chi connectivity index (χ3v) is 2.26. The summed E-state index contributed by atoms with van der Waals surface area (Å²) in [6.45, 7) is 6.27. The van der Waals surface area contributed by atoms with Gasteiger partial charge in [-0.25, -0.2) is 0 Å². The first kappa shape index (κ1) is 13.2. The Bertz CT molecular complexity index is 144. The molecule has 80 valence electrons. The molecule has 0 aromatic carbocycles. The van der Waals surface area contributed by atoms with E-state index in [-0.39, 0.29) is 24.0 Å². The topological polar surface area (TPSA) is 35.2 Å². The fourth-order valence-corrected chi connectivity index (χ4v) is 1.73. The lowest BCUT2D eigenvalue weighted by Crippen LogP contribution is -2.43. The van der Waals surface area contributed by atoms with E-state index in [1.807, 2.05) is 0 Å². The summed E-state index contributed by atoms with van der Waals surface area (Å²) in [5.74, 6) is 0. The van der Waals surface area contributed by atoms with Crippen LogP contribution in [0.15, 0.2) is 0 Å². The van der Waals surface area contributed by atoms with Gasteiger partial charge in [-0.2, -0.15) is 0 Å². The summed E-state index contributed by atoms with van der Waals surface area (Å²) in [6.07, 6.45) is 5.09. The predicted octanol–water partition coefficient (Wildman–Crippen LogP) is 2.49. The van der Waals surface area contributed by atoms with Crippen molar-refractivity contribution < 1.29 is 4.74 Å². The van der Waals surface area contributed by atoms with Crippen LogP contribution >= 0.6 is 12.4 Å². The van der Waals surface area contributed by atoms with Gasteiger partial charge < -0.3 is 10.5 Å². The molecular formula is C10H22ClNO. The lowest BCUT2D eigenvalue weighted by Gasteiger charge is -2.34. The Balaban J connectivity index is 0.00000144. The van der Waals surface area contributed by atoms with Crippen molar-refractivity contribution in [1.29, 1.82) is 0 Å². The average molecular weight is 208 g/mol. The normalized spacial score (nSPS) is 29.5. The van der Waals surface area contributed by atoms with E-state index in [9.17, 15) is 0 Å². The van der Waals surface area contributed by atoms with Gasteiger partial charge in [0, 0.05) is 6.04 Å². The minimum atomic E-state index is -0.0420. The van der Waals surface area contributed by atoms with Crippen molar-refractivity contribution in [3.8, 4) is 0 Å². The maximum absolute atomic E-state index is 5.96. The number of nitrogens with two attached hydrogens (primary N) is 1. The van der Waals surface area contributed by atoms with Crippen LogP contribution in [0.4, 0.5) is 0 Å². The second-order valence-corrected chi connectivity index (χ2v) is 4.72. The minimum Gasteiger partial charge on any atom is -0.371 e. The second-order valence-electron chi connectivity index (χ2n) is 4.72. The van der Waals surface area contributed by atoms with Crippen LogP contribution in [0.5, 0.6) is 0 Å². The molecule has 2 N–H and O–H groups in total. The Kier molecular flexibility index (Phi) is 5.26. The van der Waals surface area contributed by atoms with Gasteiger partial charge in [0.2, 0.25) is 0 Å². The molecule has 0 unspecified atom stereocenters. The van der Waals surface area contributed by atoms with E-state index in [4.69, 9.17) is 10.5 Å². The van der Waals surface area contributed by atoms with Crippen LogP contribution in [0.2, 0.25) is 0 Å². The summed E-state index contributed by atoms with van der Waals surface area (Å²) in [6, 6.07) is 0.262. The van der Waals surface area contributed by atoms with Crippen LogP contribution in [0.1, 0.15) is 46.5 Å². The molecule has 1 aliphatic carbocycles. The van der Waals surface area contributed by atoms with Crippen molar-refractivity contribution in [2.45, 2.75) is 64.2 Å². The molecular weight excluding hydrogens is 186 g/mol. The van der Waals surface area contributed by atoms with Crippen LogP contribution in [0.3, 0.4) is 0 Å². The van der Waals surface area contributed by atoms with Gasteiger partial charge in [0.05, 0.1) is 11.7 Å². The van der Waals surface area contributed by atoms with Gasteiger partial charge in [0.15, 0.2) is 0 Å². The van der Waals surface area contributed by atoms with E-state index < -0.39 is 0 Å². The van der Waals surface area contributed by atoms with Crippen molar-refractivity contribution >= 4 is 12.4 Å². The molecule has 2 atom stereocenters. The van der Waals surface area contributed by atoms with Crippen LogP contribution < -0.4 is 5.73 Å². The number of ether oxygens (including phenoxy) is 1. The van der Waals surface area contributed by atoms with Gasteiger partial charge in [-0.15, -0.1) is 12.4 Å². The second kappa shape index (κ2) is 5.18. The first-order valence-electron chi connectivity index (χ1n) is 4.92. The molecule has 0 aromatic rings. The zero-order valence-electron chi connectivity index (χ0n) is 8.88. The molecule has 0 spiro atoms. The number of hydrogen-bond acceptors (Lipinski definition) is 2. The number of rotatable bonds is 1. The lowest BCUT2D eigenvalue weighted by atomic mass is 9.92. The summed E-state index contributed by atoms with van der Waals surface area (Å²) < 4.78 is 5.87. The molecule has 1 rings (SSSR count). The van der Waals surface area contributed by atoms with Crippen LogP contribution in [0.25, 0.3) is 0 Å². The monoisotopic (exact) mass is 207 g/mol. The van der Waals surface area contributed by atoms with E-state index in [0.29, 0.717) is 6.10 Å². The van der Waals surface area contributed by atoms with Crippen LogP contribution in [0, 0.1) is 0 Å². The summed E-state index contributed by atoms with van der Waals surface area (Å²) in [4.78, 5) is 0. The van der Waals surface area contributed by atoms with Gasteiger partial charge in [-0.05, 0) is 33.6 Å². The summed E-state index contributed by atoms with van der Waals surface area (Å²) in [5.41, 5.74) is 5.92.